The van der Waals surface area contributed by atoms with E-state index in [1.165, 1.54) is 18.4 Å². The van der Waals surface area contributed by atoms with E-state index in [9.17, 15) is 0 Å². The van der Waals surface area contributed by atoms with Crippen LogP contribution in [-0.4, -0.2) is 21.6 Å². The quantitative estimate of drug-likeness (QED) is 0.772. The van der Waals surface area contributed by atoms with Gasteiger partial charge in [0.25, 0.3) is 0 Å². The number of halogens is 1. The molecule has 0 amide bonds. The molecule has 2 rings (SSSR count). The maximum Gasteiger partial charge on any atom is 0.329 e. The number of ether oxygens (including phenoxy) is 2. The predicted octanol–water partition coefficient (Wildman–Crippen LogP) is 4.06. The molecule has 0 saturated carbocycles. The summed E-state index contributed by atoms with van der Waals surface area (Å²) >= 11 is 5.81. The van der Waals surface area contributed by atoms with E-state index >= 15 is 0 Å². The molecule has 0 aliphatic carbocycles. The Kier molecular flexibility index (Phi) is 5.75. The number of unbranched alkanes of at least 4 members (excludes halogenated alkanes) is 1. The molecule has 2 aromatic rings. The van der Waals surface area contributed by atoms with Crippen LogP contribution in [0.5, 0.6) is 17.8 Å². The number of nitrogens with zero attached hydrogens (tertiary/aromatic N) is 3. The van der Waals surface area contributed by atoms with Crippen LogP contribution in [0.15, 0.2) is 24.3 Å². The minimum atomic E-state index is 0.0445. The first-order valence-electron chi connectivity index (χ1n) is 7.02. The normalized spacial score (nSPS) is 10.4. The van der Waals surface area contributed by atoms with E-state index in [0.717, 1.165) is 6.42 Å². The molecule has 5 nitrogen and oxygen atoms in total. The zero-order chi connectivity index (χ0) is 15.1. The summed E-state index contributed by atoms with van der Waals surface area (Å²) in [5.41, 5.74) is 1.29. The first-order valence-corrected chi connectivity index (χ1v) is 7.40. The lowest BCUT2D eigenvalue weighted by Gasteiger charge is -2.07. The van der Waals surface area contributed by atoms with Gasteiger partial charge in [0, 0.05) is 0 Å². The maximum atomic E-state index is 5.81. The predicted molar refractivity (Wildman–Crippen MR) is 81.1 cm³/mol. The van der Waals surface area contributed by atoms with Crippen LogP contribution >= 0.6 is 11.6 Å². The molecular formula is C15H18ClN3O2. The van der Waals surface area contributed by atoms with Crippen molar-refractivity contribution in [2.24, 2.45) is 0 Å². The zero-order valence-electron chi connectivity index (χ0n) is 12.2. The number of benzene rings is 1. The van der Waals surface area contributed by atoms with Crippen LogP contribution in [0.25, 0.3) is 0 Å². The summed E-state index contributed by atoms with van der Waals surface area (Å²) < 4.78 is 10.8. The highest BCUT2D eigenvalue weighted by atomic mass is 35.5. The molecule has 6 heteroatoms. The molecular weight excluding hydrogens is 290 g/mol. The minimum Gasteiger partial charge on any atom is -0.464 e. The van der Waals surface area contributed by atoms with Crippen molar-refractivity contribution in [1.29, 1.82) is 0 Å². The Hall–Kier alpha value is -1.88. The maximum absolute atomic E-state index is 5.81. The molecule has 0 unspecified atom stereocenters. The fourth-order valence-corrected chi connectivity index (χ4v) is 1.91. The number of hydrogen-bond acceptors (Lipinski definition) is 5. The molecule has 112 valence electrons. The molecule has 21 heavy (non-hydrogen) atoms. The fraction of sp³-hybridized carbons (Fsp3) is 0.400. The van der Waals surface area contributed by atoms with Crippen LogP contribution in [0.3, 0.4) is 0 Å². The second-order valence-electron chi connectivity index (χ2n) is 4.45. The summed E-state index contributed by atoms with van der Waals surface area (Å²) in [5.74, 6) is 0.653. The van der Waals surface area contributed by atoms with Gasteiger partial charge in [-0.15, -0.1) is 4.98 Å². The Morgan fingerprint density at radius 3 is 2.38 bits per heavy atom. The molecule has 0 atom stereocenters. The highest BCUT2D eigenvalue weighted by molar-refractivity contribution is 6.28. The van der Waals surface area contributed by atoms with Crippen molar-refractivity contribution < 1.29 is 9.47 Å². The van der Waals surface area contributed by atoms with Crippen LogP contribution in [0.4, 0.5) is 0 Å². The molecule has 1 aromatic heterocycles. The summed E-state index contributed by atoms with van der Waals surface area (Å²) in [6.45, 7) is 4.47. The Bertz CT molecular complexity index is 576. The largest absolute Gasteiger partial charge is 0.464 e. The molecule has 0 spiro atoms. The molecule has 0 bridgehead atoms. The van der Waals surface area contributed by atoms with Crippen molar-refractivity contribution in [3.63, 3.8) is 0 Å². The summed E-state index contributed by atoms with van der Waals surface area (Å²) in [4.78, 5) is 11.8. The average molecular weight is 308 g/mol. The van der Waals surface area contributed by atoms with E-state index in [2.05, 4.69) is 21.9 Å². The highest BCUT2D eigenvalue weighted by Crippen LogP contribution is 2.21. The van der Waals surface area contributed by atoms with E-state index in [4.69, 9.17) is 21.1 Å². The van der Waals surface area contributed by atoms with Gasteiger partial charge < -0.3 is 9.47 Å². The van der Waals surface area contributed by atoms with Crippen molar-refractivity contribution in [3.8, 4) is 17.8 Å². The van der Waals surface area contributed by atoms with Crippen molar-refractivity contribution in [2.45, 2.75) is 33.1 Å². The molecule has 0 N–H and O–H groups in total. The molecule has 0 aliphatic heterocycles. The lowest BCUT2D eigenvalue weighted by Crippen LogP contribution is -2.01. The summed E-state index contributed by atoms with van der Waals surface area (Å²) in [6, 6.07) is 8.15. The second-order valence-corrected chi connectivity index (χ2v) is 4.79. The lowest BCUT2D eigenvalue weighted by atomic mass is 10.1. The van der Waals surface area contributed by atoms with Crippen molar-refractivity contribution in [2.75, 3.05) is 6.61 Å². The Balaban J connectivity index is 2.07. The molecule has 0 fully saturated rings. The molecule has 0 aliphatic rings. The van der Waals surface area contributed by atoms with Gasteiger partial charge in [-0.2, -0.15) is 9.97 Å². The van der Waals surface area contributed by atoms with Gasteiger partial charge in [-0.3, -0.25) is 0 Å². The van der Waals surface area contributed by atoms with Crippen LogP contribution < -0.4 is 9.47 Å². The van der Waals surface area contributed by atoms with Gasteiger partial charge in [0.2, 0.25) is 5.28 Å². The SMILES string of the molecule is CCCCc1ccc(Oc2nc(Cl)nc(OCC)n2)cc1. The van der Waals surface area contributed by atoms with Crippen LogP contribution in [-0.2, 0) is 6.42 Å². The third kappa shape index (κ3) is 4.86. The van der Waals surface area contributed by atoms with Crippen LogP contribution in [0.1, 0.15) is 32.3 Å². The molecule has 0 radical (unpaired) electrons. The summed E-state index contributed by atoms with van der Waals surface area (Å²) in [5, 5.41) is 0.0445. The lowest BCUT2D eigenvalue weighted by molar-refractivity contribution is 0.303. The van der Waals surface area contributed by atoms with Gasteiger partial charge in [0.1, 0.15) is 5.75 Å². The van der Waals surface area contributed by atoms with Gasteiger partial charge >= 0.3 is 12.0 Å². The third-order valence-corrected chi connectivity index (χ3v) is 2.96. The highest BCUT2D eigenvalue weighted by Gasteiger charge is 2.08. The standard InChI is InChI=1S/C15H18ClN3O2/c1-3-5-6-11-7-9-12(10-8-11)21-15-18-13(16)17-14(19-15)20-4-2/h7-10H,3-6H2,1-2H3. The first-order chi connectivity index (χ1) is 10.2. The smallest absolute Gasteiger partial charge is 0.329 e. The zero-order valence-corrected chi connectivity index (χ0v) is 12.9. The van der Waals surface area contributed by atoms with E-state index in [1.807, 2.05) is 31.2 Å². The molecule has 1 heterocycles. The second kappa shape index (κ2) is 7.78. The summed E-state index contributed by atoms with van der Waals surface area (Å²) in [7, 11) is 0. The number of aromatic nitrogens is 3. The van der Waals surface area contributed by atoms with Crippen LogP contribution in [0.2, 0.25) is 5.28 Å². The van der Waals surface area contributed by atoms with Gasteiger partial charge in [-0.05, 0) is 49.1 Å². The van der Waals surface area contributed by atoms with Gasteiger partial charge in [-0.25, -0.2) is 0 Å². The number of hydrogen-bond donors (Lipinski definition) is 0. The van der Waals surface area contributed by atoms with E-state index < -0.39 is 0 Å². The fourth-order valence-electron chi connectivity index (χ4n) is 1.76. The molecule has 1 aromatic carbocycles. The van der Waals surface area contributed by atoms with Crippen molar-refractivity contribution >= 4 is 11.6 Å². The average Bonchev–Trinajstić information content (AvgIpc) is 2.46. The van der Waals surface area contributed by atoms with Gasteiger partial charge in [0.05, 0.1) is 6.61 Å². The van der Waals surface area contributed by atoms with Crippen molar-refractivity contribution in [1.82, 2.24) is 15.0 Å². The topological polar surface area (TPSA) is 57.1 Å². The van der Waals surface area contributed by atoms with E-state index in [-0.39, 0.29) is 17.3 Å². The van der Waals surface area contributed by atoms with Crippen LogP contribution in [0, 0.1) is 0 Å². The minimum absolute atomic E-state index is 0.0445. The number of aryl methyl sites for hydroxylation is 1. The van der Waals surface area contributed by atoms with E-state index in [0.29, 0.717) is 12.4 Å². The Labute approximate surface area is 129 Å². The third-order valence-electron chi connectivity index (χ3n) is 2.79. The Morgan fingerprint density at radius 1 is 1.00 bits per heavy atom. The first kappa shape index (κ1) is 15.5. The van der Waals surface area contributed by atoms with Gasteiger partial charge in [0.15, 0.2) is 0 Å². The van der Waals surface area contributed by atoms with Crippen molar-refractivity contribution in [3.05, 3.63) is 35.1 Å². The molecule has 0 saturated heterocycles. The van der Waals surface area contributed by atoms with E-state index in [1.54, 1.807) is 0 Å². The monoisotopic (exact) mass is 307 g/mol. The Morgan fingerprint density at radius 2 is 1.71 bits per heavy atom. The summed E-state index contributed by atoms with van der Waals surface area (Å²) in [6.07, 6.45) is 3.44. The number of rotatable bonds is 7. The van der Waals surface area contributed by atoms with Gasteiger partial charge in [-0.1, -0.05) is 25.5 Å².